The monoisotopic (exact) mass is 303 g/mol. The van der Waals surface area contributed by atoms with E-state index in [0.717, 1.165) is 0 Å². The van der Waals surface area contributed by atoms with Crippen LogP contribution in [0.5, 0.6) is 0 Å². The van der Waals surface area contributed by atoms with Crippen molar-refractivity contribution >= 4 is 42.1 Å². The number of anilines is 1. The Hall–Kier alpha value is -1.51. The second kappa shape index (κ2) is 5.01. The molecule has 0 spiro atoms. The van der Waals surface area contributed by atoms with E-state index in [9.17, 15) is 13.2 Å². The zero-order chi connectivity index (χ0) is 13.2. The summed E-state index contributed by atoms with van der Waals surface area (Å²) in [6.07, 6.45) is 0. The summed E-state index contributed by atoms with van der Waals surface area (Å²) in [6.45, 7) is 0. The summed E-state index contributed by atoms with van der Waals surface area (Å²) in [4.78, 5) is 11.7. The van der Waals surface area contributed by atoms with Crippen LogP contribution in [0.3, 0.4) is 0 Å². The molecule has 2 rings (SSSR count). The number of hydrogen-bond donors (Lipinski definition) is 1. The van der Waals surface area contributed by atoms with Gasteiger partial charge in [-0.2, -0.15) is 0 Å². The molecule has 0 saturated carbocycles. The van der Waals surface area contributed by atoms with Crippen LogP contribution in [-0.4, -0.2) is 24.5 Å². The van der Waals surface area contributed by atoms with E-state index in [1.165, 1.54) is 0 Å². The highest BCUT2D eigenvalue weighted by molar-refractivity contribution is 8.15. The maximum absolute atomic E-state index is 11.7. The van der Waals surface area contributed by atoms with Crippen LogP contribution >= 0.6 is 22.0 Å². The Morgan fingerprint density at radius 3 is 2.44 bits per heavy atom. The quantitative estimate of drug-likeness (QED) is 0.689. The van der Waals surface area contributed by atoms with Crippen LogP contribution in [0.4, 0.5) is 5.13 Å². The molecule has 0 fully saturated rings. The number of amides is 1. The van der Waals surface area contributed by atoms with Gasteiger partial charge in [-0.15, -0.1) is 10.2 Å². The Labute approximate surface area is 111 Å². The minimum atomic E-state index is -3.92. The van der Waals surface area contributed by atoms with Crippen molar-refractivity contribution in [3.63, 3.8) is 0 Å². The third-order valence-corrected chi connectivity index (χ3v) is 4.62. The van der Waals surface area contributed by atoms with Crippen LogP contribution in [0.2, 0.25) is 0 Å². The van der Waals surface area contributed by atoms with Gasteiger partial charge in [-0.1, -0.05) is 29.5 Å². The van der Waals surface area contributed by atoms with Gasteiger partial charge in [0.15, 0.2) is 0 Å². The molecule has 1 heterocycles. The highest BCUT2D eigenvalue weighted by atomic mass is 35.7. The van der Waals surface area contributed by atoms with Gasteiger partial charge in [-0.05, 0) is 12.1 Å². The molecule has 1 aromatic heterocycles. The molecule has 6 nitrogen and oxygen atoms in total. The topological polar surface area (TPSA) is 89.0 Å². The van der Waals surface area contributed by atoms with Crippen LogP contribution in [0, 0.1) is 0 Å². The van der Waals surface area contributed by atoms with Crippen LogP contribution < -0.4 is 5.32 Å². The molecule has 0 aliphatic carbocycles. The summed E-state index contributed by atoms with van der Waals surface area (Å²) >= 11 is 0.689. The van der Waals surface area contributed by atoms with Crippen LogP contribution in [0.1, 0.15) is 10.4 Å². The summed E-state index contributed by atoms with van der Waals surface area (Å²) in [5, 5.41) is 9.40. The first-order valence-corrected chi connectivity index (χ1v) is 7.74. The SMILES string of the molecule is O=C(Nc1nnc(S(=O)(=O)Cl)s1)c1ccccc1. The lowest BCUT2D eigenvalue weighted by Crippen LogP contribution is -2.11. The molecule has 9 heteroatoms. The molecule has 0 bridgehead atoms. The number of nitrogens with zero attached hydrogens (tertiary/aromatic N) is 2. The standard InChI is InChI=1S/C9H6ClN3O3S2/c10-18(15,16)9-13-12-8(17-9)11-7(14)6-4-2-1-3-5-6/h1-5H,(H,11,12,14). The average Bonchev–Trinajstić information content (AvgIpc) is 2.78. The maximum atomic E-state index is 11.7. The van der Waals surface area contributed by atoms with Gasteiger partial charge >= 0.3 is 0 Å². The van der Waals surface area contributed by atoms with Gasteiger partial charge in [0.05, 0.1) is 0 Å². The predicted molar refractivity (Wildman–Crippen MR) is 67.3 cm³/mol. The van der Waals surface area contributed by atoms with Crippen molar-refractivity contribution in [2.24, 2.45) is 0 Å². The molecular weight excluding hydrogens is 298 g/mol. The second-order valence-corrected chi connectivity index (χ2v) is 6.85. The van der Waals surface area contributed by atoms with Gasteiger partial charge in [0.25, 0.3) is 15.0 Å². The lowest BCUT2D eigenvalue weighted by atomic mass is 10.2. The van der Waals surface area contributed by atoms with E-state index >= 15 is 0 Å². The van der Waals surface area contributed by atoms with Crippen LogP contribution in [-0.2, 0) is 9.05 Å². The van der Waals surface area contributed by atoms with E-state index in [-0.39, 0.29) is 9.47 Å². The lowest BCUT2D eigenvalue weighted by Gasteiger charge is -1.99. The maximum Gasteiger partial charge on any atom is 0.290 e. The largest absolute Gasteiger partial charge is 0.296 e. The van der Waals surface area contributed by atoms with Gasteiger partial charge in [0.2, 0.25) is 9.47 Å². The van der Waals surface area contributed by atoms with E-state index in [2.05, 4.69) is 15.5 Å². The van der Waals surface area contributed by atoms with E-state index in [4.69, 9.17) is 10.7 Å². The van der Waals surface area contributed by atoms with Crippen molar-refractivity contribution in [2.75, 3.05) is 5.32 Å². The van der Waals surface area contributed by atoms with E-state index in [0.29, 0.717) is 16.9 Å². The number of carbonyl (C=O) groups excluding carboxylic acids is 1. The Balaban J connectivity index is 2.16. The van der Waals surface area contributed by atoms with Gasteiger partial charge in [-0.25, -0.2) is 8.42 Å². The smallest absolute Gasteiger partial charge is 0.290 e. The molecule has 0 unspecified atom stereocenters. The van der Waals surface area contributed by atoms with Gasteiger partial charge in [0.1, 0.15) is 0 Å². The number of aromatic nitrogens is 2. The highest BCUT2D eigenvalue weighted by Gasteiger charge is 2.18. The summed E-state index contributed by atoms with van der Waals surface area (Å²) in [5.74, 6) is -0.398. The van der Waals surface area contributed by atoms with Crippen molar-refractivity contribution in [3.8, 4) is 0 Å². The molecule has 0 saturated heterocycles. The average molecular weight is 304 g/mol. The van der Waals surface area contributed by atoms with Crippen LogP contribution in [0.15, 0.2) is 34.7 Å². The third kappa shape index (κ3) is 3.03. The Bertz CT molecular complexity index is 669. The Morgan fingerprint density at radius 1 is 1.22 bits per heavy atom. The fraction of sp³-hybridized carbons (Fsp3) is 0. The fourth-order valence-electron chi connectivity index (χ4n) is 1.12. The minimum absolute atomic E-state index is 0.0723. The zero-order valence-electron chi connectivity index (χ0n) is 8.70. The third-order valence-electron chi connectivity index (χ3n) is 1.87. The fourth-order valence-corrected chi connectivity index (χ4v) is 2.74. The minimum Gasteiger partial charge on any atom is -0.296 e. The molecule has 0 aliphatic rings. The molecule has 0 aliphatic heterocycles. The number of halogens is 1. The number of nitrogens with one attached hydrogen (secondary N) is 1. The second-order valence-electron chi connectivity index (χ2n) is 3.13. The van der Waals surface area contributed by atoms with Crippen molar-refractivity contribution in [3.05, 3.63) is 35.9 Å². The van der Waals surface area contributed by atoms with Gasteiger partial charge < -0.3 is 0 Å². The summed E-state index contributed by atoms with van der Waals surface area (Å²) in [5.41, 5.74) is 0.433. The first-order chi connectivity index (χ1) is 8.47. The van der Waals surface area contributed by atoms with E-state index in [1.807, 2.05) is 0 Å². The first-order valence-electron chi connectivity index (χ1n) is 4.61. The molecule has 1 N–H and O–H groups in total. The van der Waals surface area contributed by atoms with Crippen molar-refractivity contribution < 1.29 is 13.2 Å². The molecule has 0 atom stereocenters. The van der Waals surface area contributed by atoms with E-state index in [1.54, 1.807) is 30.3 Å². The summed E-state index contributed by atoms with van der Waals surface area (Å²) in [6, 6.07) is 8.44. The number of carbonyl (C=O) groups is 1. The Kier molecular flexibility index (Phi) is 3.60. The summed E-state index contributed by atoms with van der Waals surface area (Å²) in [7, 11) is 1.18. The molecule has 1 amide bonds. The number of hydrogen-bond acceptors (Lipinski definition) is 6. The van der Waals surface area contributed by atoms with Crippen molar-refractivity contribution in [1.82, 2.24) is 10.2 Å². The molecule has 0 radical (unpaired) electrons. The van der Waals surface area contributed by atoms with Gasteiger partial charge in [-0.3, -0.25) is 10.1 Å². The van der Waals surface area contributed by atoms with Crippen LogP contribution in [0.25, 0.3) is 0 Å². The van der Waals surface area contributed by atoms with Crippen molar-refractivity contribution in [1.29, 1.82) is 0 Å². The lowest BCUT2D eigenvalue weighted by molar-refractivity contribution is 0.102. The summed E-state index contributed by atoms with van der Waals surface area (Å²) < 4.78 is 21.6. The molecular formula is C9H6ClN3O3S2. The highest BCUT2D eigenvalue weighted by Crippen LogP contribution is 2.23. The zero-order valence-corrected chi connectivity index (χ0v) is 11.1. The number of benzene rings is 1. The molecule has 18 heavy (non-hydrogen) atoms. The molecule has 2 aromatic rings. The predicted octanol–water partition coefficient (Wildman–Crippen LogP) is 1.72. The van der Waals surface area contributed by atoms with Gasteiger partial charge in [0, 0.05) is 16.2 Å². The Morgan fingerprint density at radius 2 is 1.89 bits per heavy atom. The van der Waals surface area contributed by atoms with Crippen molar-refractivity contribution in [2.45, 2.75) is 4.34 Å². The molecule has 94 valence electrons. The van der Waals surface area contributed by atoms with E-state index < -0.39 is 15.0 Å². The molecule has 1 aromatic carbocycles. The first kappa shape index (κ1) is 12.9. The normalized spacial score (nSPS) is 11.2. The number of rotatable bonds is 3.